The second kappa shape index (κ2) is 4.92. The third kappa shape index (κ3) is 2.51. The van der Waals surface area contributed by atoms with Crippen LogP contribution in [0.3, 0.4) is 0 Å². The predicted molar refractivity (Wildman–Crippen MR) is 70.0 cm³/mol. The Morgan fingerprint density at radius 1 is 1.06 bits per heavy atom. The summed E-state index contributed by atoms with van der Waals surface area (Å²) in [5, 5.41) is 14.1. The summed E-state index contributed by atoms with van der Waals surface area (Å²) < 4.78 is 0. The summed E-state index contributed by atoms with van der Waals surface area (Å²) in [5.41, 5.74) is 3.93. The molecule has 0 spiro atoms. The number of para-hydroxylation sites is 1. The molecule has 92 valence electrons. The smallest absolute Gasteiger partial charge is 0.0736 e. The Morgan fingerprint density at radius 3 is 2.44 bits per heavy atom. The van der Waals surface area contributed by atoms with Crippen LogP contribution < -0.4 is 10.4 Å². The van der Waals surface area contributed by atoms with E-state index in [0.717, 1.165) is 11.3 Å². The van der Waals surface area contributed by atoms with E-state index in [1.54, 1.807) is 18.2 Å². The molecule has 2 rings (SSSR count). The predicted octanol–water partition coefficient (Wildman–Crippen LogP) is 2.41. The van der Waals surface area contributed by atoms with Gasteiger partial charge in [0.1, 0.15) is 0 Å². The number of carbonyl (C=O) groups excluding carboxylic acids is 1. The average Bonchev–Trinajstić information content (AvgIpc) is 2.34. The number of carboxylic acids is 1. The molecule has 0 unspecified atom stereocenters. The average molecular weight is 240 g/mol. The number of benzene rings is 2. The van der Waals surface area contributed by atoms with Crippen LogP contribution in [0.2, 0.25) is 0 Å². The number of carbonyl (C=O) groups is 1. The number of hydrogen-bond donors (Lipinski definition) is 1. The first-order valence-corrected chi connectivity index (χ1v) is 5.72. The summed E-state index contributed by atoms with van der Waals surface area (Å²) in [5.74, 6) is -1.18. The molecule has 0 aromatic heterocycles. The zero-order valence-corrected chi connectivity index (χ0v) is 10.4. The quantitative estimate of drug-likeness (QED) is 0.896. The van der Waals surface area contributed by atoms with E-state index in [-0.39, 0.29) is 5.56 Å². The van der Waals surface area contributed by atoms with E-state index in [4.69, 9.17) is 0 Å². The minimum absolute atomic E-state index is 0.163. The number of aryl methyl sites for hydroxylation is 2. The lowest BCUT2D eigenvalue weighted by Crippen LogP contribution is -2.23. The lowest BCUT2D eigenvalue weighted by Gasteiger charge is -2.13. The molecule has 0 amide bonds. The molecule has 3 nitrogen and oxygen atoms in total. The highest BCUT2D eigenvalue weighted by Crippen LogP contribution is 2.22. The van der Waals surface area contributed by atoms with Crippen molar-refractivity contribution in [3.63, 3.8) is 0 Å². The van der Waals surface area contributed by atoms with Crippen LogP contribution in [0.1, 0.15) is 21.5 Å². The van der Waals surface area contributed by atoms with E-state index < -0.39 is 5.97 Å². The number of aromatic carboxylic acids is 1. The van der Waals surface area contributed by atoms with E-state index in [1.165, 1.54) is 11.6 Å². The molecule has 0 fully saturated rings. The molecule has 2 aromatic rings. The number of rotatable bonds is 3. The molecule has 0 heterocycles. The van der Waals surface area contributed by atoms with Gasteiger partial charge < -0.3 is 15.2 Å². The number of anilines is 2. The summed E-state index contributed by atoms with van der Waals surface area (Å²) in [6, 6.07) is 12.6. The van der Waals surface area contributed by atoms with Crippen molar-refractivity contribution in [1.82, 2.24) is 0 Å². The Hall–Kier alpha value is -2.29. The zero-order chi connectivity index (χ0) is 13.1. The standard InChI is InChI=1S/C15H15NO2/c1-10-7-8-12(9-11(10)2)16-14-6-4-3-5-13(14)15(17)18/h3-9,16H,1-2H3,(H,17,18)/p-1. The molecule has 1 N–H and O–H groups in total. The summed E-state index contributed by atoms with van der Waals surface area (Å²) in [6.07, 6.45) is 0. The molecule has 2 aromatic carbocycles. The molecular weight excluding hydrogens is 226 g/mol. The van der Waals surface area contributed by atoms with Crippen molar-refractivity contribution >= 4 is 17.3 Å². The third-order valence-electron chi connectivity index (χ3n) is 2.93. The van der Waals surface area contributed by atoms with Crippen LogP contribution in [-0.2, 0) is 0 Å². The van der Waals surface area contributed by atoms with Crippen molar-refractivity contribution in [2.24, 2.45) is 0 Å². The van der Waals surface area contributed by atoms with Gasteiger partial charge in [0.05, 0.1) is 5.97 Å². The van der Waals surface area contributed by atoms with Gasteiger partial charge in [-0.1, -0.05) is 24.3 Å². The van der Waals surface area contributed by atoms with Crippen molar-refractivity contribution in [2.45, 2.75) is 13.8 Å². The first-order chi connectivity index (χ1) is 8.58. The Morgan fingerprint density at radius 2 is 1.78 bits per heavy atom. The van der Waals surface area contributed by atoms with Crippen molar-refractivity contribution < 1.29 is 9.90 Å². The van der Waals surface area contributed by atoms with Crippen LogP contribution in [0.4, 0.5) is 11.4 Å². The maximum Gasteiger partial charge on any atom is 0.0736 e. The third-order valence-corrected chi connectivity index (χ3v) is 2.93. The van der Waals surface area contributed by atoms with Crippen LogP contribution in [0.15, 0.2) is 42.5 Å². The highest BCUT2D eigenvalue weighted by molar-refractivity contribution is 5.93. The topological polar surface area (TPSA) is 52.2 Å². The highest BCUT2D eigenvalue weighted by Gasteiger charge is 2.03. The normalized spacial score (nSPS) is 10.1. The molecule has 0 bridgehead atoms. The van der Waals surface area contributed by atoms with Gasteiger partial charge >= 0.3 is 0 Å². The molecule has 3 heteroatoms. The van der Waals surface area contributed by atoms with Gasteiger partial charge in [-0.05, 0) is 43.2 Å². The van der Waals surface area contributed by atoms with Crippen molar-refractivity contribution in [3.05, 3.63) is 59.2 Å². The van der Waals surface area contributed by atoms with Gasteiger partial charge in [-0.2, -0.15) is 0 Å². The fraction of sp³-hybridized carbons (Fsp3) is 0.133. The second-order valence-electron chi connectivity index (χ2n) is 4.26. The lowest BCUT2D eigenvalue weighted by atomic mass is 10.1. The van der Waals surface area contributed by atoms with Gasteiger partial charge in [-0.25, -0.2) is 0 Å². The first-order valence-electron chi connectivity index (χ1n) is 5.72. The van der Waals surface area contributed by atoms with Crippen LogP contribution in [0.25, 0.3) is 0 Å². The van der Waals surface area contributed by atoms with E-state index in [9.17, 15) is 9.90 Å². The Kier molecular flexibility index (Phi) is 3.33. The van der Waals surface area contributed by atoms with Crippen LogP contribution >= 0.6 is 0 Å². The Balaban J connectivity index is 2.34. The Bertz CT molecular complexity index is 591. The number of carboxylic acid groups (broad SMARTS) is 1. The molecule has 18 heavy (non-hydrogen) atoms. The van der Waals surface area contributed by atoms with Crippen molar-refractivity contribution in [1.29, 1.82) is 0 Å². The Labute approximate surface area is 106 Å². The minimum Gasteiger partial charge on any atom is -0.545 e. The van der Waals surface area contributed by atoms with E-state index in [0.29, 0.717) is 5.69 Å². The van der Waals surface area contributed by atoms with Crippen LogP contribution in [0.5, 0.6) is 0 Å². The molecular formula is C15H14NO2-. The maximum absolute atomic E-state index is 11.0. The maximum atomic E-state index is 11.0. The first kappa shape index (κ1) is 12.2. The molecule has 0 aliphatic carbocycles. The molecule has 0 aliphatic rings. The van der Waals surface area contributed by atoms with Gasteiger partial charge in [0, 0.05) is 16.9 Å². The number of hydrogen-bond acceptors (Lipinski definition) is 3. The van der Waals surface area contributed by atoms with E-state index in [2.05, 4.69) is 5.32 Å². The molecule has 0 saturated carbocycles. The van der Waals surface area contributed by atoms with Crippen molar-refractivity contribution in [2.75, 3.05) is 5.32 Å². The summed E-state index contributed by atoms with van der Waals surface area (Å²) in [6.45, 7) is 4.05. The molecule has 0 radical (unpaired) electrons. The van der Waals surface area contributed by atoms with Crippen LogP contribution in [0, 0.1) is 13.8 Å². The molecule has 0 saturated heterocycles. The SMILES string of the molecule is Cc1ccc(Nc2ccccc2C(=O)[O-])cc1C. The largest absolute Gasteiger partial charge is 0.545 e. The highest BCUT2D eigenvalue weighted by atomic mass is 16.4. The summed E-state index contributed by atoms with van der Waals surface area (Å²) in [7, 11) is 0. The lowest BCUT2D eigenvalue weighted by molar-refractivity contribution is -0.254. The number of nitrogens with one attached hydrogen (secondary N) is 1. The second-order valence-corrected chi connectivity index (χ2v) is 4.26. The van der Waals surface area contributed by atoms with Gasteiger partial charge in [0.15, 0.2) is 0 Å². The van der Waals surface area contributed by atoms with Crippen LogP contribution in [-0.4, -0.2) is 5.97 Å². The molecule has 0 atom stereocenters. The van der Waals surface area contributed by atoms with Gasteiger partial charge in [-0.15, -0.1) is 0 Å². The monoisotopic (exact) mass is 240 g/mol. The van der Waals surface area contributed by atoms with Gasteiger partial charge in [0.25, 0.3) is 0 Å². The summed E-state index contributed by atoms with van der Waals surface area (Å²) >= 11 is 0. The fourth-order valence-corrected chi connectivity index (χ4v) is 1.74. The zero-order valence-electron chi connectivity index (χ0n) is 10.4. The summed E-state index contributed by atoms with van der Waals surface area (Å²) in [4.78, 5) is 11.0. The van der Waals surface area contributed by atoms with Gasteiger partial charge in [0.2, 0.25) is 0 Å². The minimum atomic E-state index is -1.18. The fourth-order valence-electron chi connectivity index (χ4n) is 1.74. The van der Waals surface area contributed by atoms with Gasteiger partial charge in [-0.3, -0.25) is 0 Å². The molecule has 0 aliphatic heterocycles. The van der Waals surface area contributed by atoms with E-state index >= 15 is 0 Å². The van der Waals surface area contributed by atoms with Crippen molar-refractivity contribution in [3.8, 4) is 0 Å². The van der Waals surface area contributed by atoms with E-state index in [1.807, 2.05) is 32.0 Å².